The number of nitrogens with one attached hydrogen (secondary N) is 1. The van der Waals surface area contributed by atoms with Gasteiger partial charge < -0.3 is 11.1 Å². The van der Waals surface area contributed by atoms with Gasteiger partial charge in [-0.1, -0.05) is 0 Å². The van der Waals surface area contributed by atoms with Gasteiger partial charge in [0.15, 0.2) is 0 Å². The fraction of sp³-hybridized carbons (Fsp3) is 0.571. The molecular weight excluding hydrogens is 140 g/mol. The average molecular weight is 154 g/mol. The second-order valence-corrected chi connectivity index (χ2v) is 2.73. The maximum atomic E-state index is 5.55. The molecule has 0 radical (unpaired) electrons. The zero-order chi connectivity index (χ0) is 8.27. The van der Waals surface area contributed by atoms with Crippen LogP contribution >= 0.6 is 0 Å². The number of nitrogens with two attached hydrogens (primary N) is 1. The maximum absolute atomic E-state index is 5.55. The van der Waals surface area contributed by atoms with E-state index < -0.39 is 0 Å². The predicted molar refractivity (Wildman–Crippen MR) is 45.3 cm³/mol. The van der Waals surface area contributed by atoms with E-state index in [1.54, 1.807) is 4.68 Å². The molecule has 4 nitrogen and oxygen atoms in total. The Morgan fingerprint density at radius 3 is 3.00 bits per heavy atom. The van der Waals surface area contributed by atoms with Crippen molar-refractivity contribution in [2.75, 3.05) is 11.9 Å². The van der Waals surface area contributed by atoms with Gasteiger partial charge in [-0.15, -0.1) is 0 Å². The van der Waals surface area contributed by atoms with Gasteiger partial charge in [-0.05, 0) is 6.92 Å². The molecule has 0 fully saturated rings. The van der Waals surface area contributed by atoms with Crippen LogP contribution in [0.5, 0.6) is 0 Å². The lowest BCUT2D eigenvalue weighted by molar-refractivity contribution is 0.750. The Morgan fingerprint density at radius 1 is 1.82 bits per heavy atom. The minimum absolute atomic E-state index is 0.164. The first kappa shape index (κ1) is 8.07. The molecule has 0 spiro atoms. The number of nitrogens with zero attached hydrogens (tertiary/aromatic N) is 2. The summed E-state index contributed by atoms with van der Waals surface area (Å²) in [6, 6.07) is 2.08. The molecule has 62 valence electrons. The normalized spacial score (nSPS) is 13.0. The van der Waals surface area contributed by atoms with Crippen molar-refractivity contribution in [2.45, 2.75) is 13.0 Å². The molecule has 1 atom stereocenters. The van der Waals surface area contributed by atoms with E-state index in [1.807, 2.05) is 26.2 Å². The highest BCUT2D eigenvalue weighted by atomic mass is 15.3. The van der Waals surface area contributed by atoms with Crippen LogP contribution in [0.2, 0.25) is 0 Å². The largest absolute Gasteiger partial charge is 0.367 e. The molecule has 1 heterocycles. The molecule has 0 aliphatic carbocycles. The molecule has 1 aromatic heterocycles. The second-order valence-electron chi connectivity index (χ2n) is 2.73. The number of hydrogen-bond acceptors (Lipinski definition) is 3. The van der Waals surface area contributed by atoms with E-state index in [2.05, 4.69) is 10.4 Å². The molecule has 0 unspecified atom stereocenters. The van der Waals surface area contributed by atoms with Crippen molar-refractivity contribution in [2.24, 2.45) is 12.8 Å². The van der Waals surface area contributed by atoms with Gasteiger partial charge in [0.2, 0.25) is 0 Å². The van der Waals surface area contributed by atoms with Crippen molar-refractivity contribution in [3.63, 3.8) is 0 Å². The number of rotatable bonds is 3. The molecule has 1 rings (SSSR count). The van der Waals surface area contributed by atoms with Crippen molar-refractivity contribution < 1.29 is 0 Å². The van der Waals surface area contributed by atoms with Crippen molar-refractivity contribution in [1.82, 2.24) is 9.78 Å². The Hall–Kier alpha value is -1.03. The van der Waals surface area contributed by atoms with E-state index in [0.717, 1.165) is 12.4 Å². The minimum atomic E-state index is 0.164. The number of hydrogen-bond donors (Lipinski definition) is 2. The summed E-state index contributed by atoms with van der Waals surface area (Å²) in [4.78, 5) is 0. The Bertz CT molecular complexity index is 216. The van der Waals surface area contributed by atoms with E-state index in [1.165, 1.54) is 0 Å². The highest BCUT2D eigenvalue weighted by Crippen LogP contribution is 1.99. The third-order valence-corrected chi connectivity index (χ3v) is 1.32. The molecule has 4 heteroatoms. The summed E-state index contributed by atoms with van der Waals surface area (Å²) in [5, 5.41) is 7.24. The summed E-state index contributed by atoms with van der Waals surface area (Å²) in [5.74, 6) is 0.879. The van der Waals surface area contributed by atoms with Crippen LogP contribution in [0.15, 0.2) is 12.3 Å². The summed E-state index contributed by atoms with van der Waals surface area (Å²) in [6.07, 6.45) is 1.89. The van der Waals surface area contributed by atoms with Crippen molar-refractivity contribution in [3.05, 3.63) is 12.3 Å². The minimum Gasteiger partial charge on any atom is -0.367 e. The van der Waals surface area contributed by atoms with Gasteiger partial charge in [0.1, 0.15) is 5.82 Å². The molecule has 0 saturated heterocycles. The molecule has 3 N–H and O–H groups in total. The summed E-state index contributed by atoms with van der Waals surface area (Å²) in [7, 11) is 1.89. The van der Waals surface area contributed by atoms with E-state index in [4.69, 9.17) is 5.73 Å². The Kier molecular flexibility index (Phi) is 2.48. The monoisotopic (exact) mass is 154 g/mol. The van der Waals surface area contributed by atoms with Gasteiger partial charge in [0.05, 0.1) is 0 Å². The van der Waals surface area contributed by atoms with Gasteiger partial charge in [0.25, 0.3) is 0 Å². The molecule has 1 aromatic rings. The summed E-state index contributed by atoms with van der Waals surface area (Å²) in [6.45, 7) is 2.72. The van der Waals surface area contributed by atoms with Crippen molar-refractivity contribution in [1.29, 1.82) is 0 Å². The van der Waals surface area contributed by atoms with Crippen LogP contribution in [-0.2, 0) is 7.05 Å². The number of aromatic nitrogens is 2. The van der Waals surface area contributed by atoms with E-state index in [0.29, 0.717) is 0 Å². The Labute approximate surface area is 66.4 Å². The lowest BCUT2D eigenvalue weighted by atomic mass is 10.4. The Morgan fingerprint density at radius 2 is 2.55 bits per heavy atom. The van der Waals surface area contributed by atoms with Gasteiger partial charge in [-0.25, -0.2) is 0 Å². The highest BCUT2D eigenvalue weighted by Gasteiger charge is 1.96. The van der Waals surface area contributed by atoms with Gasteiger partial charge in [0, 0.05) is 31.9 Å². The quantitative estimate of drug-likeness (QED) is 0.653. The zero-order valence-corrected chi connectivity index (χ0v) is 6.91. The molecular formula is C7H14N4. The molecule has 11 heavy (non-hydrogen) atoms. The first-order valence-electron chi connectivity index (χ1n) is 3.67. The molecule has 0 aliphatic rings. The number of anilines is 1. The smallest absolute Gasteiger partial charge is 0.148 e. The molecule has 0 aliphatic heterocycles. The van der Waals surface area contributed by atoms with Gasteiger partial charge in [-0.3, -0.25) is 4.68 Å². The van der Waals surface area contributed by atoms with Gasteiger partial charge >= 0.3 is 0 Å². The highest BCUT2D eigenvalue weighted by molar-refractivity contribution is 5.31. The summed E-state index contributed by atoms with van der Waals surface area (Å²) < 4.78 is 1.75. The molecule has 0 bridgehead atoms. The Balaban J connectivity index is 2.39. The SMILES string of the molecule is C[C@@H](N)CNc1ccn(C)n1. The lowest BCUT2D eigenvalue weighted by Crippen LogP contribution is -2.25. The van der Waals surface area contributed by atoms with E-state index >= 15 is 0 Å². The second kappa shape index (κ2) is 3.39. The van der Waals surface area contributed by atoms with Crippen LogP contribution in [0.4, 0.5) is 5.82 Å². The fourth-order valence-electron chi connectivity index (χ4n) is 0.775. The van der Waals surface area contributed by atoms with Crippen LogP contribution in [0, 0.1) is 0 Å². The van der Waals surface area contributed by atoms with Gasteiger partial charge in [-0.2, -0.15) is 5.10 Å². The summed E-state index contributed by atoms with van der Waals surface area (Å²) >= 11 is 0. The standard InChI is InChI=1S/C7H14N4/c1-6(8)5-9-7-3-4-11(2)10-7/h3-4,6H,5,8H2,1-2H3,(H,9,10)/t6-/m1/s1. The summed E-state index contributed by atoms with van der Waals surface area (Å²) in [5.41, 5.74) is 5.55. The first-order valence-corrected chi connectivity index (χ1v) is 3.67. The molecule has 0 amide bonds. The predicted octanol–water partition coefficient (Wildman–Crippen LogP) is 0.179. The van der Waals surface area contributed by atoms with Crippen molar-refractivity contribution >= 4 is 5.82 Å². The number of aryl methyl sites for hydroxylation is 1. The topological polar surface area (TPSA) is 55.9 Å². The first-order chi connectivity index (χ1) is 5.18. The van der Waals surface area contributed by atoms with E-state index in [9.17, 15) is 0 Å². The fourth-order valence-corrected chi connectivity index (χ4v) is 0.775. The third kappa shape index (κ3) is 2.59. The van der Waals surface area contributed by atoms with Crippen molar-refractivity contribution in [3.8, 4) is 0 Å². The lowest BCUT2D eigenvalue weighted by Gasteiger charge is -2.04. The van der Waals surface area contributed by atoms with Crippen LogP contribution in [-0.4, -0.2) is 22.4 Å². The third-order valence-electron chi connectivity index (χ3n) is 1.32. The average Bonchev–Trinajstić information content (AvgIpc) is 2.31. The van der Waals surface area contributed by atoms with E-state index in [-0.39, 0.29) is 6.04 Å². The van der Waals surface area contributed by atoms with Crippen LogP contribution in [0.1, 0.15) is 6.92 Å². The maximum Gasteiger partial charge on any atom is 0.148 e. The molecule has 0 aromatic carbocycles. The zero-order valence-electron chi connectivity index (χ0n) is 6.91. The van der Waals surface area contributed by atoms with Crippen LogP contribution in [0.25, 0.3) is 0 Å². The van der Waals surface area contributed by atoms with Crippen LogP contribution < -0.4 is 11.1 Å². The van der Waals surface area contributed by atoms with Crippen LogP contribution in [0.3, 0.4) is 0 Å². The molecule has 0 saturated carbocycles.